The Labute approximate surface area is 124 Å². The summed E-state index contributed by atoms with van der Waals surface area (Å²) in [7, 11) is 0. The monoisotopic (exact) mass is 284 g/mol. The molecule has 1 amide bonds. The van der Waals surface area contributed by atoms with Crippen LogP contribution in [-0.4, -0.2) is 16.0 Å². The second kappa shape index (κ2) is 6.99. The van der Waals surface area contributed by atoms with Crippen LogP contribution in [0.2, 0.25) is 0 Å². The van der Waals surface area contributed by atoms with E-state index >= 15 is 0 Å². The van der Waals surface area contributed by atoms with E-state index in [4.69, 9.17) is 5.11 Å². The lowest BCUT2D eigenvalue weighted by Gasteiger charge is -2.16. The third-order valence-electron chi connectivity index (χ3n) is 3.40. The molecule has 0 saturated heterocycles. The summed E-state index contributed by atoms with van der Waals surface area (Å²) in [4.78, 5) is 16.6. The van der Waals surface area contributed by atoms with E-state index in [1.807, 2.05) is 26.0 Å². The van der Waals surface area contributed by atoms with Crippen LogP contribution in [0.5, 0.6) is 0 Å². The van der Waals surface area contributed by atoms with Gasteiger partial charge in [-0.2, -0.15) is 0 Å². The van der Waals surface area contributed by atoms with Crippen molar-refractivity contribution in [2.24, 2.45) is 0 Å². The number of aromatic nitrogens is 1. The fourth-order valence-corrected chi connectivity index (χ4v) is 2.07. The van der Waals surface area contributed by atoms with E-state index in [9.17, 15) is 4.79 Å². The number of nitrogens with one attached hydrogen (secondary N) is 1. The van der Waals surface area contributed by atoms with Gasteiger partial charge in [0, 0.05) is 11.8 Å². The van der Waals surface area contributed by atoms with Crippen molar-refractivity contribution >= 4 is 5.91 Å². The summed E-state index contributed by atoms with van der Waals surface area (Å²) in [6.07, 6.45) is 2.58. The van der Waals surface area contributed by atoms with Gasteiger partial charge in [-0.25, -0.2) is 0 Å². The van der Waals surface area contributed by atoms with E-state index in [0.717, 1.165) is 23.2 Å². The lowest BCUT2D eigenvalue weighted by Crippen LogP contribution is -2.28. The third kappa shape index (κ3) is 3.89. The lowest BCUT2D eigenvalue weighted by atomic mass is 10.1. The maximum absolute atomic E-state index is 12.3. The molecule has 21 heavy (non-hydrogen) atoms. The zero-order valence-electron chi connectivity index (χ0n) is 12.3. The number of nitrogens with zero attached hydrogens (tertiary/aromatic N) is 1. The molecule has 0 bridgehead atoms. The van der Waals surface area contributed by atoms with E-state index < -0.39 is 0 Å². The number of aryl methyl sites for hydroxylation is 1. The number of carbonyl (C=O) groups excluding carboxylic acids is 1. The first kappa shape index (κ1) is 15.2. The molecule has 2 aromatic rings. The first-order valence-corrected chi connectivity index (χ1v) is 7.07. The molecule has 0 aliphatic carbocycles. The molecule has 4 heteroatoms. The number of carbonyl (C=O) groups is 1. The van der Waals surface area contributed by atoms with Crippen molar-refractivity contribution < 1.29 is 9.90 Å². The Hall–Kier alpha value is -2.20. The summed E-state index contributed by atoms with van der Waals surface area (Å²) in [5.41, 5.74) is 3.33. The van der Waals surface area contributed by atoms with Gasteiger partial charge < -0.3 is 10.4 Å². The van der Waals surface area contributed by atoms with Crippen LogP contribution in [0, 0.1) is 6.92 Å². The molecule has 0 spiro atoms. The average Bonchev–Trinajstić information content (AvgIpc) is 2.53. The number of hydrogen-bond acceptors (Lipinski definition) is 3. The van der Waals surface area contributed by atoms with Crippen molar-refractivity contribution in [1.82, 2.24) is 10.3 Å². The standard InChI is InChI=1S/C17H20N2O2/c1-3-15(16-9-4-12(2)10-18-16)19-17(21)14-7-5-13(11-20)6-8-14/h4-10,15,20H,3,11H2,1-2H3,(H,19,21)/t15-/m0/s1. The molecule has 0 unspecified atom stereocenters. The highest BCUT2D eigenvalue weighted by atomic mass is 16.3. The Morgan fingerprint density at radius 2 is 1.95 bits per heavy atom. The smallest absolute Gasteiger partial charge is 0.251 e. The average molecular weight is 284 g/mol. The Balaban J connectivity index is 2.10. The second-order valence-electron chi connectivity index (χ2n) is 5.05. The maximum atomic E-state index is 12.3. The largest absolute Gasteiger partial charge is 0.392 e. The first-order valence-electron chi connectivity index (χ1n) is 7.07. The molecule has 1 heterocycles. The van der Waals surface area contributed by atoms with Crippen LogP contribution in [0.15, 0.2) is 42.6 Å². The highest BCUT2D eigenvalue weighted by Crippen LogP contribution is 2.15. The number of amides is 1. The van der Waals surface area contributed by atoms with Gasteiger partial charge in [0.15, 0.2) is 0 Å². The number of hydrogen-bond donors (Lipinski definition) is 2. The van der Waals surface area contributed by atoms with Crippen molar-refractivity contribution in [3.8, 4) is 0 Å². The molecule has 0 aliphatic rings. The number of rotatable bonds is 5. The van der Waals surface area contributed by atoms with Gasteiger partial charge in [-0.15, -0.1) is 0 Å². The minimum absolute atomic E-state index is 0.0211. The molecule has 4 nitrogen and oxygen atoms in total. The van der Waals surface area contributed by atoms with Crippen LogP contribution in [0.4, 0.5) is 0 Å². The van der Waals surface area contributed by atoms with Crippen molar-refractivity contribution in [1.29, 1.82) is 0 Å². The Kier molecular flexibility index (Phi) is 5.06. The Morgan fingerprint density at radius 3 is 2.48 bits per heavy atom. The lowest BCUT2D eigenvalue weighted by molar-refractivity contribution is 0.0934. The summed E-state index contributed by atoms with van der Waals surface area (Å²) >= 11 is 0. The topological polar surface area (TPSA) is 62.2 Å². The van der Waals surface area contributed by atoms with Gasteiger partial charge >= 0.3 is 0 Å². The maximum Gasteiger partial charge on any atom is 0.251 e. The van der Waals surface area contributed by atoms with Crippen LogP contribution in [-0.2, 0) is 6.61 Å². The molecular formula is C17H20N2O2. The van der Waals surface area contributed by atoms with Crippen molar-refractivity contribution in [2.45, 2.75) is 32.9 Å². The number of aliphatic hydroxyl groups is 1. The van der Waals surface area contributed by atoms with Crippen LogP contribution >= 0.6 is 0 Å². The molecule has 2 rings (SSSR count). The van der Waals surface area contributed by atoms with Crippen LogP contribution in [0.25, 0.3) is 0 Å². The van der Waals surface area contributed by atoms with Gasteiger partial charge in [0.05, 0.1) is 18.3 Å². The van der Waals surface area contributed by atoms with Crippen LogP contribution in [0.1, 0.15) is 46.6 Å². The van der Waals surface area contributed by atoms with E-state index in [1.54, 1.807) is 30.5 Å². The van der Waals surface area contributed by atoms with E-state index in [2.05, 4.69) is 10.3 Å². The molecule has 110 valence electrons. The highest BCUT2D eigenvalue weighted by Gasteiger charge is 2.15. The molecule has 1 aromatic heterocycles. The summed E-state index contributed by atoms with van der Waals surface area (Å²) in [5, 5.41) is 12.0. The Morgan fingerprint density at radius 1 is 1.24 bits per heavy atom. The molecule has 1 aromatic carbocycles. The molecule has 0 fully saturated rings. The van der Waals surface area contributed by atoms with Gasteiger partial charge in [-0.05, 0) is 42.7 Å². The third-order valence-corrected chi connectivity index (χ3v) is 3.40. The summed E-state index contributed by atoms with van der Waals surface area (Å²) in [6, 6.07) is 10.8. The predicted octanol–water partition coefficient (Wildman–Crippen LogP) is 2.76. The minimum atomic E-state index is -0.131. The fraction of sp³-hybridized carbons (Fsp3) is 0.294. The molecule has 0 radical (unpaired) electrons. The van der Waals surface area contributed by atoms with Crippen LogP contribution < -0.4 is 5.32 Å². The SMILES string of the molecule is CC[C@H](NC(=O)c1ccc(CO)cc1)c1ccc(C)cn1. The van der Waals surface area contributed by atoms with Crippen molar-refractivity contribution in [3.05, 3.63) is 65.0 Å². The molecule has 2 N–H and O–H groups in total. The zero-order valence-corrected chi connectivity index (χ0v) is 12.3. The van der Waals surface area contributed by atoms with Crippen LogP contribution in [0.3, 0.4) is 0 Å². The summed E-state index contributed by atoms with van der Waals surface area (Å²) < 4.78 is 0. The number of aliphatic hydroxyl groups excluding tert-OH is 1. The van der Waals surface area contributed by atoms with Gasteiger partial charge in [0.1, 0.15) is 0 Å². The highest BCUT2D eigenvalue weighted by molar-refractivity contribution is 5.94. The summed E-state index contributed by atoms with van der Waals surface area (Å²) in [6.45, 7) is 3.98. The van der Waals surface area contributed by atoms with E-state index in [0.29, 0.717) is 5.56 Å². The quantitative estimate of drug-likeness (QED) is 0.887. The first-order chi connectivity index (χ1) is 10.1. The van der Waals surface area contributed by atoms with Crippen molar-refractivity contribution in [2.75, 3.05) is 0 Å². The Bertz CT molecular complexity index is 591. The molecule has 0 aliphatic heterocycles. The fourth-order valence-electron chi connectivity index (χ4n) is 2.07. The molecule has 0 saturated carbocycles. The number of benzene rings is 1. The predicted molar refractivity (Wildman–Crippen MR) is 81.8 cm³/mol. The minimum Gasteiger partial charge on any atom is -0.392 e. The molecule has 1 atom stereocenters. The normalized spacial score (nSPS) is 12.0. The van der Waals surface area contributed by atoms with Crippen molar-refractivity contribution in [3.63, 3.8) is 0 Å². The van der Waals surface area contributed by atoms with E-state index in [1.165, 1.54) is 0 Å². The molecular weight excluding hydrogens is 264 g/mol. The second-order valence-corrected chi connectivity index (χ2v) is 5.05. The van der Waals surface area contributed by atoms with Gasteiger partial charge in [0.25, 0.3) is 5.91 Å². The number of pyridine rings is 1. The van der Waals surface area contributed by atoms with Gasteiger partial charge in [-0.3, -0.25) is 9.78 Å². The van der Waals surface area contributed by atoms with Gasteiger partial charge in [0.2, 0.25) is 0 Å². The summed E-state index contributed by atoms with van der Waals surface area (Å²) in [5.74, 6) is -0.131. The van der Waals surface area contributed by atoms with Gasteiger partial charge in [-0.1, -0.05) is 25.1 Å². The van der Waals surface area contributed by atoms with E-state index in [-0.39, 0.29) is 18.6 Å². The zero-order chi connectivity index (χ0) is 15.2.